The Bertz CT molecular complexity index is 510. The third-order valence-electron chi connectivity index (χ3n) is 3.91. The van der Waals surface area contributed by atoms with Crippen molar-refractivity contribution < 1.29 is 14.7 Å². The number of carbonyl (C=O) groups excluding carboxylic acids is 2. The van der Waals surface area contributed by atoms with Crippen molar-refractivity contribution in [3.63, 3.8) is 0 Å². The number of nitrogens with zero attached hydrogens (tertiary/aromatic N) is 2. The first-order chi connectivity index (χ1) is 10.5. The van der Waals surface area contributed by atoms with E-state index in [2.05, 4.69) is 15.3 Å². The number of aromatic nitrogens is 1. The van der Waals surface area contributed by atoms with E-state index in [0.29, 0.717) is 6.42 Å². The molecular formula is C16H24N3NaO3. The van der Waals surface area contributed by atoms with Crippen LogP contribution in [0.1, 0.15) is 40.0 Å². The van der Waals surface area contributed by atoms with Gasteiger partial charge in [-0.3, -0.25) is 19.9 Å². The molecule has 122 valence electrons. The molecule has 2 unspecified atom stereocenters. The van der Waals surface area contributed by atoms with Crippen molar-refractivity contribution >= 4 is 47.4 Å². The van der Waals surface area contributed by atoms with Crippen LogP contribution in [0.3, 0.4) is 0 Å². The van der Waals surface area contributed by atoms with Crippen LogP contribution in [0.25, 0.3) is 0 Å². The first-order valence-electron chi connectivity index (χ1n) is 7.47. The fourth-order valence-corrected chi connectivity index (χ4v) is 2.62. The van der Waals surface area contributed by atoms with Crippen molar-refractivity contribution in [2.24, 2.45) is 16.3 Å². The fourth-order valence-electron chi connectivity index (χ4n) is 2.62. The molecule has 2 atom stereocenters. The van der Waals surface area contributed by atoms with Crippen LogP contribution >= 0.6 is 0 Å². The molecule has 0 saturated carbocycles. The number of amides is 2. The topological polar surface area (TPSA) is 91.6 Å². The fraction of sp³-hybridized carbons (Fsp3) is 0.500. The van der Waals surface area contributed by atoms with E-state index in [0.717, 1.165) is 12.8 Å². The molecule has 0 saturated heterocycles. The van der Waals surface area contributed by atoms with Crippen LogP contribution in [0.15, 0.2) is 35.6 Å². The molecule has 2 rings (SSSR count). The van der Waals surface area contributed by atoms with E-state index in [1.165, 1.54) is 0 Å². The van der Waals surface area contributed by atoms with Gasteiger partial charge < -0.3 is 5.11 Å². The number of aliphatic imine (C=N–C) groups is 1. The number of carbonyl (C=O) groups is 2. The monoisotopic (exact) mass is 329 g/mol. The Hall–Kier alpha value is -1.24. The minimum Gasteiger partial charge on any atom is -0.265 e. The zero-order chi connectivity index (χ0) is 16.6. The Balaban J connectivity index is 0.000000581. The van der Waals surface area contributed by atoms with Gasteiger partial charge in [0.2, 0.25) is 5.91 Å². The van der Waals surface area contributed by atoms with Gasteiger partial charge in [-0.2, -0.15) is 4.99 Å². The van der Waals surface area contributed by atoms with E-state index in [1.54, 1.807) is 19.3 Å². The van der Waals surface area contributed by atoms with Crippen LogP contribution in [-0.4, -0.2) is 57.5 Å². The molecule has 0 bridgehead atoms. The quantitative estimate of drug-likeness (QED) is 0.651. The van der Waals surface area contributed by atoms with E-state index in [9.17, 15) is 9.59 Å². The molecule has 2 amide bonds. The van der Waals surface area contributed by atoms with Crippen molar-refractivity contribution in [2.45, 2.75) is 40.0 Å². The van der Waals surface area contributed by atoms with Gasteiger partial charge in [0.05, 0.1) is 0 Å². The summed E-state index contributed by atoms with van der Waals surface area (Å²) in [5.41, 5.74) is -1.11. The summed E-state index contributed by atoms with van der Waals surface area (Å²) < 4.78 is 0. The van der Waals surface area contributed by atoms with Crippen molar-refractivity contribution in [3.8, 4) is 0 Å². The third kappa shape index (κ3) is 5.41. The summed E-state index contributed by atoms with van der Waals surface area (Å²) in [6.07, 6.45) is 5.58. The largest absolute Gasteiger partial charge is 0.265 e. The van der Waals surface area contributed by atoms with Gasteiger partial charge in [0, 0.05) is 12.4 Å². The second-order valence-electron chi connectivity index (χ2n) is 5.23. The molecule has 0 radical (unpaired) electrons. The van der Waals surface area contributed by atoms with Crippen molar-refractivity contribution in [3.05, 3.63) is 30.6 Å². The molecule has 1 aromatic heterocycles. The predicted molar refractivity (Wildman–Crippen MR) is 91.4 cm³/mol. The molecule has 7 heteroatoms. The van der Waals surface area contributed by atoms with E-state index in [4.69, 9.17) is 5.11 Å². The Morgan fingerprint density at radius 3 is 2.17 bits per heavy atom. The van der Waals surface area contributed by atoms with Crippen molar-refractivity contribution in [2.75, 3.05) is 0 Å². The number of rotatable bonds is 4. The summed E-state index contributed by atoms with van der Waals surface area (Å²) in [6, 6.07) is 5.12. The minimum absolute atomic E-state index is 0. The number of hydrogen-bond donors (Lipinski definition) is 2. The molecule has 0 aromatic carbocycles. The smallest absolute Gasteiger partial charge is 0.0267 e. The molecule has 1 aliphatic rings. The van der Waals surface area contributed by atoms with E-state index < -0.39 is 23.3 Å². The number of hydrogen-bond acceptors (Lipinski definition) is 3. The summed E-state index contributed by atoms with van der Waals surface area (Å²) in [7, 11) is 0. The number of aliphatic hydroxyl groups is 1. The maximum atomic E-state index is 11.9. The van der Waals surface area contributed by atoms with E-state index in [-0.39, 0.29) is 35.5 Å². The van der Waals surface area contributed by atoms with E-state index in [1.807, 2.05) is 32.0 Å². The Kier molecular flexibility index (Phi) is 9.95. The van der Waals surface area contributed by atoms with Gasteiger partial charge in [0.1, 0.15) is 5.41 Å². The predicted octanol–water partition coefficient (Wildman–Crippen LogP) is 1.82. The summed E-state index contributed by atoms with van der Waals surface area (Å²) in [6.45, 7) is 5.68. The first kappa shape index (κ1) is 21.8. The summed E-state index contributed by atoms with van der Waals surface area (Å²) >= 11 is 0. The van der Waals surface area contributed by atoms with Crippen molar-refractivity contribution in [1.29, 1.82) is 0 Å². The SMILES string of the molecule is CCCC(C)C1(CC)C(=O)N=C(O)NC1=O.[NaH].c1ccncc1. The molecule has 0 fully saturated rings. The molecule has 2 heterocycles. The number of nitrogens with one attached hydrogen (secondary N) is 1. The summed E-state index contributed by atoms with van der Waals surface area (Å²) in [5, 5.41) is 11.3. The van der Waals surface area contributed by atoms with Crippen LogP contribution < -0.4 is 5.32 Å². The molecule has 2 N–H and O–H groups in total. The summed E-state index contributed by atoms with van der Waals surface area (Å²) in [4.78, 5) is 31.0. The van der Waals surface area contributed by atoms with Gasteiger partial charge in [-0.05, 0) is 30.9 Å². The molecule has 1 aromatic rings. The Morgan fingerprint density at radius 1 is 1.22 bits per heavy atom. The second-order valence-corrected chi connectivity index (χ2v) is 5.23. The first-order valence-corrected chi connectivity index (χ1v) is 7.47. The number of amidine groups is 1. The van der Waals surface area contributed by atoms with Crippen LogP contribution in [0.5, 0.6) is 0 Å². The third-order valence-corrected chi connectivity index (χ3v) is 3.91. The Morgan fingerprint density at radius 2 is 1.83 bits per heavy atom. The van der Waals surface area contributed by atoms with Crippen LogP contribution in [0.4, 0.5) is 0 Å². The number of pyridine rings is 1. The average Bonchev–Trinajstić information content (AvgIpc) is 2.50. The molecule has 6 nitrogen and oxygen atoms in total. The van der Waals surface area contributed by atoms with Crippen LogP contribution in [0.2, 0.25) is 0 Å². The van der Waals surface area contributed by atoms with Gasteiger partial charge >= 0.3 is 29.6 Å². The van der Waals surface area contributed by atoms with Gasteiger partial charge in [0.15, 0.2) is 0 Å². The van der Waals surface area contributed by atoms with Gasteiger partial charge in [0.25, 0.3) is 11.9 Å². The standard InChI is InChI=1S/C11H18N2O3.C5H5N.Na.H/c1-4-6-7(3)11(5-2)8(14)12-10(16)13-9(11)15;1-2-4-6-5-3-1;;/h7H,4-6H2,1-3H3,(H2,12,13,14,15,16);1-5H;;. The van der Waals surface area contributed by atoms with Crippen molar-refractivity contribution in [1.82, 2.24) is 10.3 Å². The zero-order valence-corrected chi connectivity index (χ0v) is 13.2. The van der Waals surface area contributed by atoms with Crippen LogP contribution in [0, 0.1) is 11.3 Å². The average molecular weight is 329 g/mol. The molecule has 0 aliphatic carbocycles. The second kappa shape index (κ2) is 10.5. The maximum Gasteiger partial charge on any atom is 0.0267 e. The van der Waals surface area contributed by atoms with Gasteiger partial charge in [-0.1, -0.05) is 33.3 Å². The van der Waals surface area contributed by atoms with Crippen LogP contribution in [-0.2, 0) is 9.59 Å². The normalized spacial score (nSPS) is 21.1. The zero-order valence-electron chi connectivity index (χ0n) is 13.2. The summed E-state index contributed by atoms with van der Waals surface area (Å²) in [5.74, 6) is -1.04. The Labute approximate surface area is 159 Å². The molecule has 1 aliphatic heterocycles. The minimum atomic E-state index is -1.11. The molecular weight excluding hydrogens is 305 g/mol. The van der Waals surface area contributed by atoms with Gasteiger partial charge in [-0.15, -0.1) is 0 Å². The molecule has 23 heavy (non-hydrogen) atoms. The number of aliphatic hydroxyl groups excluding tert-OH is 1. The van der Waals surface area contributed by atoms with Gasteiger partial charge in [-0.25, -0.2) is 0 Å². The van der Waals surface area contributed by atoms with E-state index >= 15 is 0 Å². The molecule has 0 spiro atoms. The maximum absolute atomic E-state index is 11.9.